The van der Waals surface area contributed by atoms with Gasteiger partial charge in [0.1, 0.15) is 6.10 Å². The molecule has 0 heterocycles. The number of thiol groups is 1. The zero-order chi connectivity index (χ0) is 6.57. The fraction of sp³-hybridized carbons (Fsp3) is 0.800. The number of hydrogen-bond donors (Lipinski definition) is 2. The minimum absolute atomic E-state index is 0. The second-order valence-electron chi connectivity index (χ2n) is 1.64. The number of aliphatic hydroxyl groups is 1. The summed E-state index contributed by atoms with van der Waals surface area (Å²) in [6, 6.07) is 0. The van der Waals surface area contributed by atoms with E-state index in [-0.39, 0.29) is 37.7 Å². The Morgan fingerprint density at radius 3 is 2.33 bits per heavy atom. The Morgan fingerprint density at radius 2 is 2.22 bits per heavy atom. The second kappa shape index (κ2) is 7.35. The topological polar surface area (TPSA) is 37.3 Å². The number of aliphatic hydroxyl groups excluding tert-OH is 1. The maximum Gasteiger partial charge on any atom is 0.214 e. The zero-order valence-corrected chi connectivity index (χ0v) is 8.60. The third-order valence-electron chi connectivity index (χ3n) is 0.847. The van der Waals surface area contributed by atoms with Crippen LogP contribution in [0.1, 0.15) is 19.8 Å². The number of carbonyl (C=O) groups is 1. The van der Waals surface area contributed by atoms with Crippen molar-refractivity contribution >= 4 is 55.5 Å². The van der Waals surface area contributed by atoms with Crippen molar-refractivity contribution in [1.82, 2.24) is 0 Å². The third kappa shape index (κ3) is 7.13. The molecule has 0 aliphatic carbocycles. The van der Waals surface area contributed by atoms with Crippen molar-refractivity contribution in [2.45, 2.75) is 25.9 Å². The van der Waals surface area contributed by atoms with Gasteiger partial charge < -0.3 is 5.11 Å². The van der Waals surface area contributed by atoms with Crippen LogP contribution in [0.5, 0.6) is 0 Å². The van der Waals surface area contributed by atoms with Crippen molar-refractivity contribution in [3.05, 3.63) is 0 Å². The molecule has 0 saturated carbocycles. The maximum atomic E-state index is 10.1. The van der Waals surface area contributed by atoms with Crippen molar-refractivity contribution in [2.75, 3.05) is 0 Å². The molecule has 2 radical (unpaired) electrons. The fourth-order valence-electron chi connectivity index (χ4n) is 0.397. The van der Waals surface area contributed by atoms with Gasteiger partial charge in [0, 0.05) is 37.7 Å². The first-order valence-corrected chi connectivity index (χ1v) is 3.04. The van der Waals surface area contributed by atoms with Gasteiger partial charge in [0.05, 0.1) is 0 Å². The van der Waals surface area contributed by atoms with Gasteiger partial charge in [-0.15, -0.1) is 12.6 Å². The summed E-state index contributed by atoms with van der Waals surface area (Å²) in [6.07, 6.45) is 0.471. The van der Waals surface area contributed by atoms with Gasteiger partial charge in [-0.25, -0.2) is 0 Å². The van der Waals surface area contributed by atoms with Crippen LogP contribution in [0.4, 0.5) is 0 Å². The Hall–Kier alpha value is 1.24. The SMILES string of the molecule is CCCC(O)C(=O)S.[Ca]. The van der Waals surface area contributed by atoms with Crippen LogP contribution in [0.15, 0.2) is 0 Å². The van der Waals surface area contributed by atoms with Crippen LogP contribution < -0.4 is 0 Å². The molecule has 0 aromatic rings. The van der Waals surface area contributed by atoms with Crippen LogP contribution in [0.3, 0.4) is 0 Å². The van der Waals surface area contributed by atoms with Crippen LogP contribution in [-0.2, 0) is 4.79 Å². The Balaban J connectivity index is 0. The van der Waals surface area contributed by atoms with E-state index in [1.165, 1.54) is 0 Å². The normalized spacial score (nSPS) is 11.9. The van der Waals surface area contributed by atoms with Gasteiger partial charge in [-0.3, -0.25) is 4.79 Å². The molecule has 0 aromatic heterocycles. The van der Waals surface area contributed by atoms with Crippen molar-refractivity contribution in [3.63, 3.8) is 0 Å². The summed E-state index contributed by atoms with van der Waals surface area (Å²) < 4.78 is 0. The fourth-order valence-corrected chi connectivity index (χ4v) is 0.526. The predicted octanol–water partition coefficient (Wildman–Crippen LogP) is 0.223. The smallest absolute Gasteiger partial charge is 0.214 e. The molecule has 0 spiro atoms. The molecular formula is C5H10CaO2S. The van der Waals surface area contributed by atoms with Crippen molar-refractivity contribution in [1.29, 1.82) is 0 Å². The molecule has 1 unspecified atom stereocenters. The van der Waals surface area contributed by atoms with Gasteiger partial charge in [-0.1, -0.05) is 13.3 Å². The Kier molecular flexibility index (Phi) is 10.5. The first kappa shape index (κ1) is 12.9. The summed E-state index contributed by atoms with van der Waals surface area (Å²) in [5.41, 5.74) is 0. The van der Waals surface area contributed by atoms with E-state index in [1.807, 2.05) is 6.92 Å². The van der Waals surface area contributed by atoms with Crippen LogP contribution in [-0.4, -0.2) is 54.1 Å². The van der Waals surface area contributed by atoms with Gasteiger partial charge in [0.15, 0.2) is 0 Å². The molecule has 0 bridgehead atoms. The van der Waals surface area contributed by atoms with E-state index in [0.29, 0.717) is 6.42 Å². The number of rotatable bonds is 3. The predicted molar refractivity (Wildman–Crippen MR) is 40.7 cm³/mol. The number of hydrogen-bond acceptors (Lipinski definition) is 2. The van der Waals surface area contributed by atoms with Crippen LogP contribution >= 0.6 is 12.6 Å². The standard InChI is InChI=1S/C5H10O2S.Ca/c1-2-3-4(6)5(7)8;/h4,6H,2-3H2,1H3,(H,7,8);. The second-order valence-corrected chi connectivity index (χ2v) is 2.08. The summed E-state index contributed by atoms with van der Waals surface area (Å²) >= 11 is 3.44. The molecule has 2 nitrogen and oxygen atoms in total. The molecule has 0 saturated heterocycles. The van der Waals surface area contributed by atoms with Gasteiger partial charge >= 0.3 is 0 Å². The Bertz CT molecular complexity index is 87.0. The van der Waals surface area contributed by atoms with E-state index >= 15 is 0 Å². The molecule has 50 valence electrons. The van der Waals surface area contributed by atoms with Gasteiger partial charge in [0.2, 0.25) is 5.12 Å². The monoisotopic (exact) mass is 174 g/mol. The summed E-state index contributed by atoms with van der Waals surface area (Å²) in [5, 5.41) is 8.26. The molecule has 0 fully saturated rings. The molecule has 9 heavy (non-hydrogen) atoms. The average molecular weight is 174 g/mol. The van der Waals surface area contributed by atoms with Crippen LogP contribution in [0.2, 0.25) is 0 Å². The summed E-state index contributed by atoms with van der Waals surface area (Å²) in [5.74, 6) is 0. The molecule has 1 N–H and O–H groups in total. The first-order chi connectivity index (χ1) is 3.68. The Morgan fingerprint density at radius 1 is 1.78 bits per heavy atom. The summed E-state index contributed by atoms with van der Waals surface area (Å²) in [4.78, 5) is 10.1. The zero-order valence-electron chi connectivity index (χ0n) is 5.50. The van der Waals surface area contributed by atoms with E-state index in [9.17, 15) is 4.79 Å². The largest absolute Gasteiger partial charge is 0.384 e. The van der Waals surface area contributed by atoms with Crippen LogP contribution in [0, 0.1) is 0 Å². The molecule has 1 atom stereocenters. The minimum atomic E-state index is -0.858. The van der Waals surface area contributed by atoms with Crippen molar-refractivity contribution < 1.29 is 9.90 Å². The van der Waals surface area contributed by atoms with E-state index < -0.39 is 11.2 Å². The van der Waals surface area contributed by atoms with Crippen molar-refractivity contribution in [3.8, 4) is 0 Å². The summed E-state index contributed by atoms with van der Waals surface area (Å²) in [6.45, 7) is 1.90. The van der Waals surface area contributed by atoms with E-state index in [4.69, 9.17) is 5.11 Å². The molecule has 4 heteroatoms. The third-order valence-corrected chi connectivity index (χ3v) is 1.15. The molecule has 0 aliphatic heterocycles. The quantitative estimate of drug-likeness (QED) is 0.474. The van der Waals surface area contributed by atoms with E-state index in [0.717, 1.165) is 6.42 Å². The number of carbonyl (C=O) groups excluding carboxylic acids is 1. The molecule has 0 aromatic carbocycles. The van der Waals surface area contributed by atoms with Crippen molar-refractivity contribution in [2.24, 2.45) is 0 Å². The Labute approximate surface area is 90.4 Å². The minimum Gasteiger partial charge on any atom is -0.384 e. The van der Waals surface area contributed by atoms with E-state index in [1.54, 1.807) is 0 Å². The van der Waals surface area contributed by atoms with Gasteiger partial charge in [-0.05, 0) is 6.42 Å². The first-order valence-electron chi connectivity index (χ1n) is 2.59. The molecule has 0 rings (SSSR count). The van der Waals surface area contributed by atoms with Gasteiger partial charge in [-0.2, -0.15) is 0 Å². The molecule has 0 amide bonds. The van der Waals surface area contributed by atoms with Crippen LogP contribution in [0.25, 0.3) is 0 Å². The molecular weight excluding hydrogens is 164 g/mol. The van der Waals surface area contributed by atoms with E-state index in [2.05, 4.69) is 12.6 Å². The molecule has 0 aliphatic rings. The summed E-state index contributed by atoms with van der Waals surface area (Å²) in [7, 11) is 0. The van der Waals surface area contributed by atoms with Gasteiger partial charge in [0.25, 0.3) is 0 Å². The average Bonchev–Trinajstić information content (AvgIpc) is 1.67. The maximum absolute atomic E-state index is 10.1.